The molecule has 0 saturated heterocycles. The molecule has 2 aromatic rings. The summed E-state index contributed by atoms with van der Waals surface area (Å²) in [6.45, 7) is 1.74. The predicted octanol–water partition coefficient (Wildman–Crippen LogP) is 2.98. The second kappa shape index (κ2) is 8.66. The molecule has 0 aliphatic rings. The van der Waals surface area contributed by atoms with Gasteiger partial charge in [0.2, 0.25) is 0 Å². The molecule has 2 rings (SSSR count). The number of methoxy groups -OCH3 is 1. The molecule has 0 N–H and O–H groups in total. The maximum absolute atomic E-state index is 13.5. The highest BCUT2D eigenvalue weighted by atomic mass is 32.2. The standard InChI is InChI=1S/C18H20FNO5S/c1-3-25-18(21)11-12-20(15-7-9-16(24-2)10-8-15)26(22,23)17-6-4-5-14(19)13-17/h4-10,13H,3,11-12H2,1-2H3. The molecular formula is C18H20FNO5S. The highest BCUT2D eigenvalue weighted by Gasteiger charge is 2.26. The number of esters is 1. The van der Waals surface area contributed by atoms with Crippen LogP contribution < -0.4 is 9.04 Å². The van der Waals surface area contributed by atoms with Crippen LogP contribution in [0.3, 0.4) is 0 Å². The molecule has 0 atom stereocenters. The minimum absolute atomic E-state index is 0.131. The third-order valence-corrected chi connectivity index (χ3v) is 5.39. The lowest BCUT2D eigenvalue weighted by Crippen LogP contribution is -2.33. The van der Waals surface area contributed by atoms with Gasteiger partial charge in [-0.25, -0.2) is 12.8 Å². The number of halogens is 1. The summed E-state index contributed by atoms with van der Waals surface area (Å²) in [7, 11) is -2.57. The Bertz CT molecular complexity index is 852. The van der Waals surface area contributed by atoms with Crippen molar-refractivity contribution in [1.29, 1.82) is 0 Å². The maximum atomic E-state index is 13.5. The van der Waals surface area contributed by atoms with E-state index in [1.165, 1.54) is 19.2 Å². The predicted molar refractivity (Wildman–Crippen MR) is 95.2 cm³/mol. The topological polar surface area (TPSA) is 72.9 Å². The molecular weight excluding hydrogens is 361 g/mol. The third-order valence-electron chi connectivity index (χ3n) is 3.57. The molecule has 0 aromatic heterocycles. The van der Waals surface area contributed by atoms with Crippen molar-refractivity contribution in [3.8, 4) is 5.75 Å². The molecule has 2 aromatic carbocycles. The van der Waals surface area contributed by atoms with Gasteiger partial charge in [0, 0.05) is 6.54 Å². The fourth-order valence-corrected chi connectivity index (χ4v) is 3.81. The average Bonchev–Trinajstić information content (AvgIpc) is 2.62. The monoisotopic (exact) mass is 381 g/mol. The Balaban J connectivity index is 2.39. The van der Waals surface area contributed by atoms with Crippen molar-refractivity contribution in [2.24, 2.45) is 0 Å². The minimum atomic E-state index is -4.06. The molecule has 0 radical (unpaired) electrons. The van der Waals surface area contributed by atoms with Gasteiger partial charge in [-0.15, -0.1) is 0 Å². The molecule has 0 amide bonds. The van der Waals surface area contributed by atoms with Crippen molar-refractivity contribution in [2.45, 2.75) is 18.2 Å². The van der Waals surface area contributed by atoms with E-state index in [9.17, 15) is 17.6 Å². The Kier molecular flexibility index (Phi) is 6.57. The summed E-state index contributed by atoms with van der Waals surface area (Å²) in [6, 6.07) is 11.0. The van der Waals surface area contributed by atoms with Crippen LogP contribution in [-0.4, -0.2) is 34.6 Å². The van der Waals surface area contributed by atoms with Crippen LogP contribution in [0, 0.1) is 5.82 Å². The van der Waals surface area contributed by atoms with Crippen molar-refractivity contribution >= 4 is 21.7 Å². The van der Waals surface area contributed by atoms with Crippen LogP contribution in [0.4, 0.5) is 10.1 Å². The number of carbonyl (C=O) groups excluding carboxylic acids is 1. The second-order valence-corrected chi connectivity index (χ2v) is 7.15. The summed E-state index contributed by atoms with van der Waals surface area (Å²) in [6.07, 6.45) is -0.131. The van der Waals surface area contributed by atoms with Crippen LogP contribution in [0.5, 0.6) is 5.75 Å². The van der Waals surface area contributed by atoms with Crippen molar-refractivity contribution < 1.29 is 27.1 Å². The van der Waals surface area contributed by atoms with E-state index >= 15 is 0 Å². The number of carbonyl (C=O) groups is 1. The number of anilines is 1. The first-order chi connectivity index (χ1) is 12.4. The van der Waals surface area contributed by atoms with Crippen molar-refractivity contribution in [2.75, 3.05) is 24.6 Å². The van der Waals surface area contributed by atoms with Gasteiger partial charge >= 0.3 is 5.97 Å². The lowest BCUT2D eigenvalue weighted by molar-refractivity contribution is -0.142. The molecule has 26 heavy (non-hydrogen) atoms. The minimum Gasteiger partial charge on any atom is -0.497 e. The Morgan fingerprint density at radius 2 is 1.85 bits per heavy atom. The first-order valence-electron chi connectivity index (χ1n) is 7.96. The van der Waals surface area contributed by atoms with Gasteiger partial charge in [-0.1, -0.05) is 6.07 Å². The fourth-order valence-electron chi connectivity index (χ4n) is 2.32. The van der Waals surface area contributed by atoms with Crippen LogP contribution in [0.1, 0.15) is 13.3 Å². The van der Waals surface area contributed by atoms with Crippen molar-refractivity contribution in [3.05, 3.63) is 54.3 Å². The van der Waals surface area contributed by atoms with E-state index in [-0.39, 0.29) is 24.5 Å². The van der Waals surface area contributed by atoms with E-state index in [0.29, 0.717) is 11.4 Å². The van der Waals surface area contributed by atoms with Gasteiger partial charge in [-0.05, 0) is 49.4 Å². The molecule has 8 heteroatoms. The first-order valence-corrected chi connectivity index (χ1v) is 9.40. The Labute approximate surface area is 152 Å². The van der Waals surface area contributed by atoms with E-state index in [0.717, 1.165) is 16.4 Å². The van der Waals surface area contributed by atoms with Gasteiger partial charge in [0.15, 0.2) is 0 Å². The molecule has 0 aliphatic heterocycles. The summed E-state index contributed by atoms with van der Waals surface area (Å²) in [5, 5.41) is 0. The molecule has 0 fully saturated rings. The zero-order chi connectivity index (χ0) is 19.2. The van der Waals surface area contributed by atoms with E-state index in [2.05, 4.69) is 0 Å². The summed E-state index contributed by atoms with van der Waals surface area (Å²) < 4.78 is 50.5. The summed E-state index contributed by atoms with van der Waals surface area (Å²) >= 11 is 0. The fraction of sp³-hybridized carbons (Fsp3) is 0.278. The number of hydrogen-bond donors (Lipinski definition) is 0. The number of hydrogen-bond acceptors (Lipinski definition) is 5. The van der Waals surface area contributed by atoms with Gasteiger partial charge in [0.1, 0.15) is 11.6 Å². The average molecular weight is 381 g/mol. The number of rotatable bonds is 8. The maximum Gasteiger partial charge on any atom is 0.307 e. The molecule has 0 bridgehead atoms. The van der Waals surface area contributed by atoms with Crippen LogP contribution >= 0.6 is 0 Å². The van der Waals surface area contributed by atoms with Crippen LogP contribution in [-0.2, 0) is 19.6 Å². The molecule has 0 aliphatic carbocycles. The second-order valence-electron chi connectivity index (χ2n) is 5.29. The zero-order valence-electron chi connectivity index (χ0n) is 14.5. The third kappa shape index (κ3) is 4.72. The van der Waals surface area contributed by atoms with Crippen molar-refractivity contribution in [3.63, 3.8) is 0 Å². The lowest BCUT2D eigenvalue weighted by Gasteiger charge is -2.24. The first kappa shape index (κ1) is 19.7. The van der Waals surface area contributed by atoms with Crippen LogP contribution in [0.15, 0.2) is 53.4 Å². The molecule has 0 heterocycles. The number of nitrogens with zero attached hydrogens (tertiary/aromatic N) is 1. The smallest absolute Gasteiger partial charge is 0.307 e. The normalized spacial score (nSPS) is 11.0. The molecule has 0 spiro atoms. The molecule has 0 unspecified atom stereocenters. The van der Waals surface area contributed by atoms with Crippen LogP contribution in [0.2, 0.25) is 0 Å². The lowest BCUT2D eigenvalue weighted by atomic mass is 10.3. The summed E-state index contributed by atoms with van der Waals surface area (Å²) in [5.41, 5.74) is 0.333. The van der Waals surface area contributed by atoms with Crippen molar-refractivity contribution in [1.82, 2.24) is 0 Å². The summed E-state index contributed by atoms with van der Waals surface area (Å²) in [5.74, 6) is -0.617. The highest BCUT2D eigenvalue weighted by Crippen LogP contribution is 2.26. The Hall–Kier alpha value is -2.61. The number of ether oxygens (including phenoxy) is 2. The van der Waals surface area contributed by atoms with Gasteiger partial charge < -0.3 is 9.47 Å². The van der Waals surface area contributed by atoms with Crippen LogP contribution in [0.25, 0.3) is 0 Å². The molecule has 6 nitrogen and oxygen atoms in total. The van der Waals surface area contributed by atoms with E-state index < -0.39 is 21.8 Å². The molecule has 0 saturated carbocycles. The van der Waals surface area contributed by atoms with Gasteiger partial charge in [-0.2, -0.15) is 0 Å². The summed E-state index contributed by atoms with van der Waals surface area (Å²) in [4.78, 5) is 11.5. The number of sulfonamides is 1. The Morgan fingerprint density at radius 1 is 1.15 bits per heavy atom. The number of benzene rings is 2. The van der Waals surface area contributed by atoms with Gasteiger partial charge in [0.05, 0.1) is 30.7 Å². The van der Waals surface area contributed by atoms with E-state index in [4.69, 9.17) is 9.47 Å². The SMILES string of the molecule is CCOC(=O)CCN(c1ccc(OC)cc1)S(=O)(=O)c1cccc(F)c1. The quantitative estimate of drug-likeness (QED) is 0.658. The molecule has 140 valence electrons. The van der Waals surface area contributed by atoms with Gasteiger partial charge in [0.25, 0.3) is 10.0 Å². The zero-order valence-corrected chi connectivity index (χ0v) is 15.3. The van der Waals surface area contributed by atoms with Gasteiger partial charge in [-0.3, -0.25) is 9.10 Å². The van der Waals surface area contributed by atoms with E-state index in [1.807, 2.05) is 0 Å². The largest absolute Gasteiger partial charge is 0.497 e. The highest BCUT2D eigenvalue weighted by molar-refractivity contribution is 7.92. The Morgan fingerprint density at radius 3 is 2.42 bits per heavy atom. The van der Waals surface area contributed by atoms with E-state index in [1.54, 1.807) is 31.2 Å².